The summed E-state index contributed by atoms with van der Waals surface area (Å²) in [5, 5.41) is 71.3. The summed E-state index contributed by atoms with van der Waals surface area (Å²) in [5.74, 6) is -0.112. The smallest absolute Gasteiger partial charge is 0.506 e. The maximum Gasteiger partial charge on any atom is 0.506 e. The van der Waals surface area contributed by atoms with Crippen LogP contribution in [0.25, 0.3) is 122 Å². The fraction of sp³-hybridized carbons (Fsp3) is 0.378. The van der Waals surface area contributed by atoms with Crippen LogP contribution in [-0.4, -0.2) is 201 Å². The first-order chi connectivity index (χ1) is 65.3. The SMILES string of the molecule is BrB(Br)Br.CCCCCn1nc(-c2cc3cccc(O)c3n2C(=O)OC(C)(C)C)c2c(N)ncnc21.CCCCCn1nc(-c2cc3cccc(OC)c3n2C(=O)OC(C)(C)C)c2c(N)ncnc21.CCCCCn1nc(I)c2c(N)ncnc21.COc1cccc2cc(B(O)O)n(C(=O)OC(C)(C)C)c12.NCCCCn1nc(-c2cc3cccc(O)c3[nH]2)c2c(N)ncnc21.O=C(O)C(F)(F)F. The molecule has 734 valence electrons. The molecule has 16 aromatic rings. The second kappa shape index (κ2) is 47.2. The van der Waals surface area contributed by atoms with Crippen LogP contribution in [0.4, 0.5) is 50.8 Å². The number of carbonyl (C=O) groups is 4. The fourth-order valence-electron chi connectivity index (χ4n) is 14.5. The second-order valence-electron chi connectivity index (χ2n) is 34.1. The number of ether oxygens (including phenoxy) is 5. The molecule has 0 radical (unpaired) electrons. The van der Waals surface area contributed by atoms with E-state index in [0.29, 0.717) is 150 Å². The largest absolute Gasteiger partial charge is 0.506 e. The first-order valence-electron chi connectivity index (χ1n) is 43.8. The number of carboxylic acids is 1. The lowest BCUT2D eigenvalue weighted by molar-refractivity contribution is -0.192. The van der Waals surface area contributed by atoms with Gasteiger partial charge in [0.25, 0.3) is 0 Å². The molecule has 0 aliphatic rings. The molecule has 0 unspecified atom stereocenters. The molecule has 48 heteroatoms. The number of nitrogen functional groups attached to an aromatic ring is 4. The number of para-hydroxylation sites is 4. The molecule has 0 saturated heterocycles. The van der Waals surface area contributed by atoms with Crippen LogP contribution >= 0.6 is 69.9 Å². The van der Waals surface area contributed by atoms with E-state index in [2.05, 4.69) is 141 Å². The van der Waals surface area contributed by atoms with Crippen LogP contribution in [0, 0.1) is 3.70 Å². The number of aromatic nitrogens is 20. The summed E-state index contributed by atoms with van der Waals surface area (Å²) in [6.45, 7) is 26.2. The summed E-state index contributed by atoms with van der Waals surface area (Å²) in [7, 11) is 1.26. The van der Waals surface area contributed by atoms with Gasteiger partial charge in [-0.1, -0.05) is 108 Å². The number of nitrogens with two attached hydrogens (primary N) is 5. The summed E-state index contributed by atoms with van der Waals surface area (Å²) in [5.41, 5.74) is 36.2. The zero-order valence-electron chi connectivity index (χ0n) is 78.5. The Morgan fingerprint density at radius 3 is 1.17 bits per heavy atom. The third kappa shape index (κ3) is 26.5. The molecule has 0 bridgehead atoms. The number of aromatic amines is 1. The van der Waals surface area contributed by atoms with Crippen LogP contribution in [0.2, 0.25) is 0 Å². The second-order valence-corrected chi connectivity index (χ2v) is 41.6. The number of alkyl halides is 3. The summed E-state index contributed by atoms with van der Waals surface area (Å²) < 4.78 is 71.8. The molecule has 16 rings (SSSR count). The van der Waals surface area contributed by atoms with Crippen molar-refractivity contribution in [2.45, 2.75) is 203 Å². The van der Waals surface area contributed by atoms with Crippen molar-refractivity contribution in [2.24, 2.45) is 5.73 Å². The van der Waals surface area contributed by atoms with Gasteiger partial charge in [0.05, 0.1) is 64.0 Å². The van der Waals surface area contributed by atoms with E-state index in [1.807, 2.05) is 77.3 Å². The average Bonchev–Trinajstić information content (AvgIpc) is 1.58. The minimum absolute atomic E-state index is 0.0313. The van der Waals surface area contributed by atoms with Crippen molar-refractivity contribution in [3.05, 3.63) is 126 Å². The molecule has 0 saturated carbocycles. The molecule has 0 atom stereocenters. The van der Waals surface area contributed by atoms with Crippen LogP contribution in [0.5, 0.6) is 23.0 Å². The Morgan fingerprint density at radius 1 is 0.457 bits per heavy atom. The molecule has 16 N–H and O–H groups in total. The lowest BCUT2D eigenvalue weighted by atomic mass is 9.86. The van der Waals surface area contributed by atoms with Crippen LogP contribution in [-0.2, 0) is 45.2 Å². The third-order valence-corrected chi connectivity index (χ3v) is 21.1. The zero-order chi connectivity index (χ0) is 101. The monoisotopic (exact) mass is 2210 g/mol. The van der Waals surface area contributed by atoms with Crippen molar-refractivity contribution in [3.63, 3.8) is 0 Å². The number of methoxy groups -OCH3 is 2. The van der Waals surface area contributed by atoms with Crippen LogP contribution in [0.1, 0.15) is 154 Å². The van der Waals surface area contributed by atoms with Crippen molar-refractivity contribution in [3.8, 4) is 57.2 Å². The standard InChI is InChI=1S/C24H30N6O3.C23H28N6O3.C17H19N7O.C14H18BNO5.C10H14IN5.C2HF3O2.BBr3/c1-6-7-8-12-29-22-18(21(25)26-14-27-22)19(28-29)16-13-15-10-9-11-17(32-5)20(15)30(16)23(31)33-24(2,3)4;1-5-6-7-11-28-21-17(20(24)25-13-26-21)18(27-28)15-12-14-9-8-10-16(30)19(14)29(15)22(31)32-23(2,3)4;18-6-1-2-7-24-17-13(16(19)20-9-21-17)15(23-24)11-8-10-4-3-5-12(25)14(10)22-11;1-14(2,3)21-13(17)16-11(15(18)19)8-9-6-5-7-10(20-4)12(9)16;1-2-3-4-5-16-10-7(8(11)15-16)9(12)13-6-14-10;3-2(4,5)1(6)7;2-1(3)4/h9-11,13-14H,6-8,12H2,1-5H3,(H2,25,26,27);8-10,12-13,30H,5-7,11H2,1-4H3,(H2,24,25,26);3-5,8-9,22,25H,1-2,6-7,18H2,(H2,19,20,21);5-8,18-19H,1-4H3;6H,2-5H2,1H3,(H2,12,13,14);(H,6,7);. The molecular weight excluding hydrogens is 2100 g/mol. The Balaban J connectivity index is 0.000000176. The number of aryl methyl sites for hydroxylation is 4. The highest BCUT2D eigenvalue weighted by Gasteiger charge is 2.39. The van der Waals surface area contributed by atoms with E-state index < -0.39 is 54.3 Å². The Kier molecular flexibility index (Phi) is 36.8. The van der Waals surface area contributed by atoms with E-state index in [4.69, 9.17) is 77.5 Å². The topological polar surface area (TPSA) is 551 Å². The van der Waals surface area contributed by atoms with Crippen molar-refractivity contribution in [1.82, 2.24) is 97.7 Å². The van der Waals surface area contributed by atoms with Gasteiger partial charge in [0, 0.05) is 47.7 Å². The van der Waals surface area contributed by atoms with E-state index in [9.17, 15) is 47.8 Å². The fourth-order valence-corrected chi connectivity index (χ4v) is 15.3. The van der Waals surface area contributed by atoms with Crippen molar-refractivity contribution >= 4 is 221 Å². The van der Waals surface area contributed by atoms with Gasteiger partial charge >= 0.3 is 40.7 Å². The van der Waals surface area contributed by atoms with Crippen molar-refractivity contribution in [2.75, 3.05) is 43.7 Å². The van der Waals surface area contributed by atoms with E-state index in [0.717, 1.165) is 100 Å². The molecule has 138 heavy (non-hydrogen) atoms. The molecule has 12 aromatic heterocycles. The molecule has 39 nitrogen and oxygen atoms in total. The molecule has 0 aliphatic carbocycles. The Morgan fingerprint density at radius 2 is 0.790 bits per heavy atom. The van der Waals surface area contributed by atoms with E-state index >= 15 is 0 Å². The lowest BCUT2D eigenvalue weighted by Gasteiger charge is -2.21. The molecule has 4 aromatic carbocycles. The van der Waals surface area contributed by atoms with Gasteiger partial charge in [-0.3, -0.25) is 0 Å². The number of hydrogen-bond donors (Lipinski definition) is 11. The highest BCUT2D eigenvalue weighted by Crippen LogP contribution is 2.42. The van der Waals surface area contributed by atoms with E-state index in [-0.39, 0.29) is 26.1 Å². The van der Waals surface area contributed by atoms with Crippen LogP contribution in [0.3, 0.4) is 0 Å². The molecule has 12 heterocycles. The van der Waals surface area contributed by atoms with Gasteiger partial charge in [-0.05, 0) is 172 Å². The van der Waals surface area contributed by atoms with Gasteiger partial charge < -0.3 is 82.7 Å². The number of aromatic hydroxyl groups is 2. The molecule has 0 fully saturated rings. The minimum Gasteiger partial charge on any atom is -0.506 e. The van der Waals surface area contributed by atoms with Crippen LogP contribution < -0.4 is 43.7 Å². The number of hydrogen-bond acceptors (Lipinski definition) is 30. The number of fused-ring (bicyclic) bond motifs is 8. The average molecular weight is 2210 g/mol. The summed E-state index contributed by atoms with van der Waals surface area (Å²) in [4.78, 5) is 85.1. The van der Waals surface area contributed by atoms with Crippen LogP contribution in [0.15, 0.2) is 122 Å². The van der Waals surface area contributed by atoms with E-state index in [1.54, 1.807) is 95.8 Å². The summed E-state index contributed by atoms with van der Waals surface area (Å²) in [6.07, 6.45) is 10.4. The highest BCUT2D eigenvalue weighted by molar-refractivity contribution is 14.1. The quantitative estimate of drug-likeness (QED) is 0.0130. The number of phenolic OH excluding ortho intramolecular Hbond substituents is 2. The lowest BCUT2D eigenvalue weighted by Crippen LogP contribution is -2.41. The maximum absolute atomic E-state index is 13.4. The molecule has 0 spiro atoms. The number of aliphatic carboxylic acids is 1. The van der Waals surface area contributed by atoms with Gasteiger partial charge in [0.2, 0.25) is 0 Å². The molecule has 0 aliphatic heterocycles. The number of carboxylic acid groups (broad SMARTS) is 1. The Labute approximate surface area is 829 Å². The number of nitrogens with one attached hydrogen (secondary N) is 1. The van der Waals surface area contributed by atoms with Gasteiger partial charge in [-0.2, -0.15) is 33.6 Å². The number of phenols is 2. The number of rotatable bonds is 22. The first kappa shape index (κ1) is 108. The molecule has 0 amide bonds. The zero-order valence-corrected chi connectivity index (χ0v) is 85.4. The maximum atomic E-state index is 13.4. The Hall–Kier alpha value is -12.5. The Bertz CT molecular complexity index is 6960. The van der Waals surface area contributed by atoms with Crippen molar-refractivity contribution < 1.29 is 81.4 Å². The third-order valence-electron chi connectivity index (χ3n) is 20.4. The number of anilines is 4. The normalized spacial score (nSPS) is 11.5. The predicted molar refractivity (Wildman–Crippen MR) is 547 cm³/mol. The van der Waals surface area contributed by atoms with Gasteiger partial charge in [-0.15, -0.1) is 47.3 Å². The number of unbranched alkanes of at least 4 members (excludes halogenated alkanes) is 7. The summed E-state index contributed by atoms with van der Waals surface area (Å²) in [6, 6.07) is 28.4. The number of halogens is 7. The summed E-state index contributed by atoms with van der Waals surface area (Å²) >= 11 is 11.5. The number of carbonyl (C=O) groups excluding carboxylic acids is 3. The number of benzene rings is 4. The van der Waals surface area contributed by atoms with Gasteiger partial charge in [0.15, 0.2) is 22.6 Å². The highest BCUT2D eigenvalue weighted by atomic mass is 127. The number of H-pyrrole nitrogens is 1. The minimum atomic E-state index is -5.08. The van der Waals surface area contributed by atoms with E-state index in [1.165, 1.54) is 66.5 Å². The number of nitrogens with zero attached hydrogens (tertiary/aromatic N) is 19. The molecular formula is C90H110B2Br3F3IN25O14. The van der Waals surface area contributed by atoms with Gasteiger partial charge in [0.1, 0.15) is 126 Å². The van der Waals surface area contributed by atoms with Gasteiger partial charge in [-0.25, -0.2) is 91.5 Å². The first-order valence-corrected chi connectivity index (χ1v) is 47.7. The predicted octanol–water partition coefficient (Wildman–Crippen LogP) is 17.8. The van der Waals surface area contributed by atoms with Crippen molar-refractivity contribution in [1.29, 1.82) is 0 Å².